The van der Waals surface area contributed by atoms with Gasteiger partial charge < -0.3 is 10.0 Å². The lowest BCUT2D eigenvalue weighted by molar-refractivity contribution is 0.0238. The van der Waals surface area contributed by atoms with E-state index in [1.807, 2.05) is 10.9 Å². The van der Waals surface area contributed by atoms with Crippen molar-refractivity contribution < 1.29 is 5.11 Å². The van der Waals surface area contributed by atoms with E-state index in [1.54, 1.807) is 0 Å². The molecule has 0 spiro atoms. The van der Waals surface area contributed by atoms with Gasteiger partial charge >= 0.3 is 0 Å². The molecule has 2 unspecified atom stereocenters. The van der Waals surface area contributed by atoms with E-state index in [2.05, 4.69) is 43.8 Å². The molecular weight excluding hydrogens is 262 g/mol. The van der Waals surface area contributed by atoms with Crippen LogP contribution < -0.4 is 0 Å². The summed E-state index contributed by atoms with van der Waals surface area (Å²) in [6.07, 6.45) is 6.61. The number of hydrogen-bond acceptors (Lipinski definition) is 3. The van der Waals surface area contributed by atoms with Crippen molar-refractivity contribution in [3.63, 3.8) is 0 Å². The molecule has 0 radical (unpaired) electrons. The molecule has 21 heavy (non-hydrogen) atoms. The Balaban J connectivity index is 1.99. The van der Waals surface area contributed by atoms with Gasteiger partial charge in [0.25, 0.3) is 0 Å². The summed E-state index contributed by atoms with van der Waals surface area (Å²) in [7, 11) is 0. The highest BCUT2D eigenvalue weighted by molar-refractivity contribution is 5.05. The number of aliphatic hydroxyl groups is 1. The van der Waals surface area contributed by atoms with Crippen molar-refractivity contribution in [2.45, 2.75) is 77.5 Å². The van der Waals surface area contributed by atoms with Crippen LogP contribution >= 0.6 is 0 Å². The molecule has 1 fully saturated rings. The highest BCUT2D eigenvalue weighted by Crippen LogP contribution is 2.27. The van der Waals surface area contributed by atoms with E-state index < -0.39 is 5.60 Å². The number of hydrogen-bond donors (Lipinski definition) is 1. The van der Waals surface area contributed by atoms with Crippen molar-refractivity contribution in [3.8, 4) is 0 Å². The van der Waals surface area contributed by atoms with Crippen LogP contribution in [-0.4, -0.2) is 44.5 Å². The van der Waals surface area contributed by atoms with Crippen molar-refractivity contribution in [2.24, 2.45) is 0 Å². The normalized spacial score (nSPS) is 26.0. The summed E-state index contributed by atoms with van der Waals surface area (Å²) in [5.41, 5.74) is 0.439. The Hall–Kier alpha value is -0.870. The zero-order chi connectivity index (χ0) is 15.5. The van der Waals surface area contributed by atoms with Gasteiger partial charge in [0.1, 0.15) is 0 Å². The van der Waals surface area contributed by atoms with Gasteiger partial charge in [0.15, 0.2) is 0 Å². The number of likely N-dealkylation sites (tertiary alicyclic amines) is 1. The molecule has 4 nitrogen and oxygen atoms in total. The van der Waals surface area contributed by atoms with Crippen molar-refractivity contribution in [2.75, 3.05) is 13.1 Å². The third-order valence-electron chi connectivity index (χ3n) is 4.90. The zero-order valence-corrected chi connectivity index (χ0v) is 14.0. The topological polar surface area (TPSA) is 41.3 Å². The van der Waals surface area contributed by atoms with Crippen LogP contribution in [0.15, 0.2) is 12.3 Å². The fourth-order valence-electron chi connectivity index (χ4n) is 3.13. The van der Waals surface area contributed by atoms with Crippen LogP contribution in [0.3, 0.4) is 0 Å². The van der Waals surface area contributed by atoms with E-state index in [0.717, 1.165) is 44.5 Å². The fourth-order valence-corrected chi connectivity index (χ4v) is 3.13. The number of nitrogens with zero attached hydrogens (tertiary/aromatic N) is 3. The molecule has 0 aromatic carbocycles. The Kier molecular flexibility index (Phi) is 5.44. The average Bonchev–Trinajstić information content (AvgIpc) is 2.80. The molecule has 0 saturated carbocycles. The van der Waals surface area contributed by atoms with E-state index in [4.69, 9.17) is 0 Å². The minimum Gasteiger partial charge on any atom is -0.389 e. The van der Waals surface area contributed by atoms with E-state index in [1.165, 1.54) is 0 Å². The first-order chi connectivity index (χ1) is 9.93. The van der Waals surface area contributed by atoms with Gasteiger partial charge in [0.05, 0.1) is 11.3 Å². The molecule has 1 aromatic rings. The maximum atomic E-state index is 10.9. The summed E-state index contributed by atoms with van der Waals surface area (Å²) in [5, 5.41) is 15.6. The summed E-state index contributed by atoms with van der Waals surface area (Å²) < 4.78 is 2.02. The Labute approximate surface area is 129 Å². The van der Waals surface area contributed by atoms with E-state index in [0.29, 0.717) is 18.5 Å². The maximum Gasteiger partial charge on any atom is 0.0716 e. The van der Waals surface area contributed by atoms with Crippen LogP contribution in [0.2, 0.25) is 0 Å². The molecule has 0 amide bonds. The summed E-state index contributed by atoms with van der Waals surface area (Å²) in [6, 6.07) is 3.06. The second-order valence-corrected chi connectivity index (χ2v) is 6.93. The van der Waals surface area contributed by atoms with Gasteiger partial charge in [0.2, 0.25) is 0 Å². The Morgan fingerprint density at radius 3 is 2.71 bits per heavy atom. The smallest absolute Gasteiger partial charge is 0.0716 e. The molecular formula is C17H31N3O. The van der Waals surface area contributed by atoms with Crippen molar-refractivity contribution in [1.29, 1.82) is 0 Å². The molecule has 2 heterocycles. The number of aromatic nitrogens is 2. The van der Waals surface area contributed by atoms with Gasteiger partial charge in [-0.1, -0.05) is 6.92 Å². The molecule has 1 aromatic heterocycles. The van der Waals surface area contributed by atoms with Crippen LogP contribution in [0.4, 0.5) is 0 Å². The van der Waals surface area contributed by atoms with Gasteiger partial charge in [0, 0.05) is 31.2 Å². The third-order valence-corrected chi connectivity index (χ3v) is 4.90. The highest BCUT2D eigenvalue weighted by Gasteiger charge is 2.31. The molecule has 2 atom stereocenters. The summed E-state index contributed by atoms with van der Waals surface area (Å²) >= 11 is 0. The van der Waals surface area contributed by atoms with Crippen LogP contribution in [0.1, 0.15) is 65.1 Å². The van der Waals surface area contributed by atoms with Crippen LogP contribution in [-0.2, 0) is 6.42 Å². The number of rotatable bonds is 5. The van der Waals surface area contributed by atoms with E-state index in [9.17, 15) is 5.11 Å². The standard InChI is InChI=1S/C17H31N3O/c1-5-15(4)20-11-7-16(18-20)13-17(21)8-6-10-19(12-9-17)14(2)3/h7,11,14-15,21H,5-6,8-10,12-13H2,1-4H3. The van der Waals surface area contributed by atoms with Gasteiger partial charge in [-0.2, -0.15) is 5.10 Å². The van der Waals surface area contributed by atoms with Gasteiger partial charge in [-0.3, -0.25) is 4.68 Å². The average molecular weight is 293 g/mol. The largest absolute Gasteiger partial charge is 0.389 e. The monoisotopic (exact) mass is 293 g/mol. The Morgan fingerprint density at radius 2 is 2.05 bits per heavy atom. The maximum absolute atomic E-state index is 10.9. The zero-order valence-electron chi connectivity index (χ0n) is 14.0. The molecule has 1 saturated heterocycles. The van der Waals surface area contributed by atoms with Crippen molar-refractivity contribution >= 4 is 0 Å². The lowest BCUT2D eigenvalue weighted by Gasteiger charge is -2.27. The molecule has 120 valence electrons. The molecule has 0 aliphatic carbocycles. The molecule has 1 aliphatic heterocycles. The Bertz CT molecular complexity index is 443. The first kappa shape index (κ1) is 16.5. The second-order valence-electron chi connectivity index (χ2n) is 6.93. The van der Waals surface area contributed by atoms with Gasteiger partial charge in [-0.05, 0) is 59.1 Å². The van der Waals surface area contributed by atoms with Gasteiger partial charge in [-0.15, -0.1) is 0 Å². The Morgan fingerprint density at radius 1 is 1.29 bits per heavy atom. The van der Waals surface area contributed by atoms with Crippen LogP contribution in [0, 0.1) is 0 Å². The summed E-state index contributed by atoms with van der Waals surface area (Å²) in [6.45, 7) is 10.9. The molecule has 2 rings (SSSR count). The first-order valence-corrected chi connectivity index (χ1v) is 8.44. The van der Waals surface area contributed by atoms with E-state index >= 15 is 0 Å². The lowest BCUT2D eigenvalue weighted by atomic mass is 9.90. The summed E-state index contributed by atoms with van der Waals surface area (Å²) in [4.78, 5) is 2.47. The minimum absolute atomic E-state index is 0.430. The SMILES string of the molecule is CCC(C)n1ccc(CC2(O)CCCN(C(C)C)CC2)n1. The van der Waals surface area contributed by atoms with E-state index in [-0.39, 0.29) is 0 Å². The van der Waals surface area contributed by atoms with Crippen LogP contribution in [0.25, 0.3) is 0 Å². The minimum atomic E-state index is -0.585. The van der Waals surface area contributed by atoms with Crippen LogP contribution in [0.5, 0.6) is 0 Å². The van der Waals surface area contributed by atoms with Crippen molar-refractivity contribution in [1.82, 2.24) is 14.7 Å². The molecule has 0 bridgehead atoms. The third kappa shape index (κ3) is 4.30. The quantitative estimate of drug-likeness (QED) is 0.907. The predicted molar refractivity (Wildman–Crippen MR) is 86.4 cm³/mol. The fraction of sp³-hybridized carbons (Fsp3) is 0.824. The molecule has 1 aliphatic rings. The van der Waals surface area contributed by atoms with Crippen molar-refractivity contribution in [3.05, 3.63) is 18.0 Å². The first-order valence-electron chi connectivity index (χ1n) is 8.44. The molecule has 4 heteroatoms. The summed E-state index contributed by atoms with van der Waals surface area (Å²) in [5.74, 6) is 0. The van der Waals surface area contributed by atoms with Gasteiger partial charge in [-0.25, -0.2) is 0 Å². The highest BCUT2D eigenvalue weighted by atomic mass is 16.3. The second kappa shape index (κ2) is 6.93. The lowest BCUT2D eigenvalue weighted by Crippen LogP contribution is -2.35. The predicted octanol–water partition coefficient (Wildman–Crippen LogP) is 3.02. The molecule has 1 N–H and O–H groups in total.